The Labute approximate surface area is 163 Å². The summed E-state index contributed by atoms with van der Waals surface area (Å²) in [4.78, 5) is 4.56. The number of hydrogen-bond donors (Lipinski definition) is 1. The minimum absolute atomic E-state index is 0.198. The maximum absolute atomic E-state index is 13.1. The lowest BCUT2D eigenvalue weighted by molar-refractivity contribution is -0.0615. The highest BCUT2D eigenvalue weighted by molar-refractivity contribution is 5.46. The molecule has 0 unspecified atom stereocenters. The van der Waals surface area contributed by atoms with Gasteiger partial charge in [-0.15, -0.1) is 0 Å². The van der Waals surface area contributed by atoms with Gasteiger partial charge in [0, 0.05) is 38.4 Å². The van der Waals surface area contributed by atoms with Gasteiger partial charge in [0.05, 0.1) is 18.8 Å². The first kappa shape index (κ1) is 20.6. The molecule has 3 rings (SSSR count). The van der Waals surface area contributed by atoms with Crippen molar-refractivity contribution in [1.29, 1.82) is 0 Å². The van der Waals surface area contributed by atoms with Crippen molar-refractivity contribution in [2.24, 2.45) is 11.3 Å². The number of piperazine rings is 1. The van der Waals surface area contributed by atoms with Crippen LogP contribution >= 0.6 is 0 Å². The number of ether oxygens (including phenoxy) is 1. The largest absolute Gasteiger partial charge is 0.389 e. The summed E-state index contributed by atoms with van der Waals surface area (Å²) in [7, 11) is 0. The monoisotopic (exact) mass is 378 g/mol. The Kier molecular flexibility index (Phi) is 6.77. The highest BCUT2D eigenvalue weighted by atomic mass is 19.1. The third-order valence-corrected chi connectivity index (χ3v) is 5.90. The van der Waals surface area contributed by atoms with E-state index in [9.17, 15) is 9.50 Å². The van der Waals surface area contributed by atoms with Crippen LogP contribution in [0, 0.1) is 17.2 Å². The third-order valence-electron chi connectivity index (χ3n) is 5.90. The first-order valence-electron chi connectivity index (χ1n) is 10.3. The van der Waals surface area contributed by atoms with Crippen molar-refractivity contribution in [1.82, 2.24) is 4.90 Å². The molecular formula is C22H35FN2O2. The van der Waals surface area contributed by atoms with Crippen molar-refractivity contribution in [3.8, 4) is 0 Å². The van der Waals surface area contributed by atoms with E-state index in [1.165, 1.54) is 18.6 Å². The summed E-state index contributed by atoms with van der Waals surface area (Å²) < 4.78 is 19.1. The minimum atomic E-state index is -0.442. The molecule has 1 saturated heterocycles. The number of rotatable bonds is 6. The van der Waals surface area contributed by atoms with Gasteiger partial charge in [0.15, 0.2) is 0 Å². The Morgan fingerprint density at radius 1 is 1.15 bits per heavy atom. The van der Waals surface area contributed by atoms with Gasteiger partial charge in [-0.25, -0.2) is 4.39 Å². The summed E-state index contributed by atoms with van der Waals surface area (Å²) in [6, 6.07) is 6.69. The standard InChI is InChI=1S/C22H35FN2O2/c1-17-12-21(14-22(2,3)13-17)27-16-20(26)15-24-8-10-25(11-9-24)19-6-4-18(23)5-7-19/h4-7,17,20-21,26H,8-16H2,1-3H3/t17-,20+,21+/m1/s1. The van der Waals surface area contributed by atoms with Crippen LogP contribution < -0.4 is 4.90 Å². The van der Waals surface area contributed by atoms with Gasteiger partial charge in [0.1, 0.15) is 5.82 Å². The number of β-amino-alcohol motifs (C(OH)–C–C–N with tert-alkyl or cyclic N) is 1. The number of aliphatic hydroxyl groups excluding tert-OH is 1. The SMILES string of the molecule is C[C@@H]1C[C@H](OC[C@@H](O)CN2CCN(c3ccc(F)cc3)CC2)CC(C)(C)C1. The average molecular weight is 379 g/mol. The van der Waals surface area contributed by atoms with Crippen LogP contribution in [0.2, 0.25) is 0 Å². The number of anilines is 1. The number of nitrogens with zero attached hydrogens (tertiary/aromatic N) is 2. The van der Waals surface area contributed by atoms with Gasteiger partial charge in [0.2, 0.25) is 0 Å². The molecule has 1 N–H and O–H groups in total. The zero-order valence-corrected chi connectivity index (χ0v) is 17.0. The van der Waals surface area contributed by atoms with Gasteiger partial charge in [-0.3, -0.25) is 4.90 Å². The second-order valence-electron chi connectivity index (χ2n) is 9.29. The van der Waals surface area contributed by atoms with Gasteiger partial charge in [0.25, 0.3) is 0 Å². The van der Waals surface area contributed by atoms with Crippen LogP contribution in [0.4, 0.5) is 10.1 Å². The van der Waals surface area contributed by atoms with Gasteiger partial charge < -0.3 is 14.7 Å². The predicted molar refractivity (Wildman–Crippen MR) is 108 cm³/mol. The van der Waals surface area contributed by atoms with E-state index < -0.39 is 6.10 Å². The summed E-state index contributed by atoms with van der Waals surface area (Å²) in [5.74, 6) is 0.492. The molecular weight excluding hydrogens is 343 g/mol. The van der Waals surface area contributed by atoms with Crippen molar-refractivity contribution >= 4 is 5.69 Å². The van der Waals surface area contributed by atoms with Crippen molar-refractivity contribution in [2.45, 2.75) is 52.2 Å². The van der Waals surface area contributed by atoms with Crippen LogP contribution in [0.5, 0.6) is 0 Å². The topological polar surface area (TPSA) is 35.9 Å². The quantitative estimate of drug-likeness (QED) is 0.821. The number of benzene rings is 1. The average Bonchev–Trinajstić information content (AvgIpc) is 2.60. The summed E-state index contributed by atoms with van der Waals surface area (Å²) in [5.41, 5.74) is 1.40. The lowest BCUT2D eigenvalue weighted by atomic mass is 9.71. The highest BCUT2D eigenvalue weighted by Gasteiger charge is 2.32. The second kappa shape index (κ2) is 8.89. The molecule has 1 aromatic rings. The summed E-state index contributed by atoms with van der Waals surface area (Å²) in [5, 5.41) is 10.4. The normalized spacial score (nSPS) is 27.5. The molecule has 1 saturated carbocycles. The molecule has 27 heavy (non-hydrogen) atoms. The van der Waals surface area contributed by atoms with E-state index in [1.54, 1.807) is 0 Å². The molecule has 1 heterocycles. The van der Waals surface area contributed by atoms with Crippen LogP contribution in [0.25, 0.3) is 0 Å². The predicted octanol–water partition coefficient (Wildman–Crippen LogP) is 3.54. The van der Waals surface area contributed by atoms with E-state index in [-0.39, 0.29) is 11.9 Å². The fourth-order valence-corrected chi connectivity index (χ4v) is 4.82. The Morgan fingerprint density at radius 3 is 2.44 bits per heavy atom. The molecule has 0 radical (unpaired) electrons. The molecule has 1 aromatic carbocycles. The zero-order chi connectivity index (χ0) is 19.4. The first-order chi connectivity index (χ1) is 12.8. The molecule has 0 amide bonds. The van der Waals surface area contributed by atoms with Crippen LogP contribution in [-0.2, 0) is 4.74 Å². The fourth-order valence-electron chi connectivity index (χ4n) is 4.82. The second-order valence-corrected chi connectivity index (χ2v) is 9.29. The van der Waals surface area contributed by atoms with Crippen LogP contribution in [0.15, 0.2) is 24.3 Å². The summed E-state index contributed by atoms with van der Waals surface area (Å²) >= 11 is 0. The van der Waals surface area contributed by atoms with Gasteiger partial charge in [-0.2, -0.15) is 0 Å². The van der Waals surface area contributed by atoms with E-state index in [4.69, 9.17) is 4.74 Å². The number of aliphatic hydroxyl groups is 1. The van der Waals surface area contributed by atoms with Crippen LogP contribution in [0.3, 0.4) is 0 Å². The molecule has 152 valence electrons. The summed E-state index contributed by atoms with van der Waals surface area (Å²) in [6.07, 6.45) is 3.28. The highest BCUT2D eigenvalue weighted by Crippen LogP contribution is 2.39. The minimum Gasteiger partial charge on any atom is -0.389 e. The molecule has 2 aliphatic rings. The molecule has 0 bridgehead atoms. The lowest BCUT2D eigenvalue weighted by Gasteiger charge is -2.39. The molecule has 1 aliphatic carbocycles. The maximum Gasteiger partial charge on any atom is 0.123 e. The van der Waals surface area contributed by atoms with E-state index in [1.807, 2.05) is 12.1 Å². The van der Waals surface area contributed by atoms with Gasteiger partial charge in [-0.05, 0) is 54.9 Å². The molecule has 1 aliphatic heterocycles. The van der Waals surface area contributed by atoms with Crippen LogP contribution in [0.1, 0.15) is 40.0 Å². The van der Waals surface area contributed by atoms with Crippen LogP contribution in [-0.4, -0.2) is 61.5 Å². The molecule has 3 atom stereocenters. The van der Waals surface area contributed by atoms with E-state index >= 15 is 0 Å². The third kappa shape index (κ3) is 6.16. The summed E-state index contributed by atoms with van der Waals surface area (Å²) in [6.45, 7) is 11.6. The molecule has 5 heteroatoms. The van der Waals surface area contributed by atoms with E-state index in [2.05, 4.69) is 30.6 Å². The molecule has 4 nitrogen and oxygen atoms in total. The Hall–Kier alpha value is -1.17. The van der Waals surface area contributed by atoms with Gasteiger partial charge in [-0.1, -0.05) is 20.8 Å². The molecule has 0 spiro atoms. The fraction of sp³-hybridized carbons (Fsp3) is 0.727. The van der Waals surface area contributed by atoms with Gasteiger partial charge >= 0.3 is 0 Å². The van der Waals surface area contributed by atoms with Crippen molar-refractivity contribution in [2.75, 3.05) is 44.2 Å². The molecule has 2 fully saturated rings. The Morgan fingerprint density at radius 2 is 1.81 bits per heavy atom. The smallest absolute Gasteiger partial charge is 0.123 e. The molecule has 0 aromatic heterocycles. The van der Waals surface area contributed by atoms with Crippen molar-refractivity contribution < 1.29 is 14.2 Å². The first-order valence-corrected chi connectivity index (χ1v) is 10.3. The lowest BCUT2D eigenvalue weighted by Crippen LogP contribution is -2.49. The van der Waals surface area contributed by atoms with Crippen molar-refractivity contribution in [3.05, 3.63) is 30.1 Å². The Bertz CT molecular complexity index is 584. The number of halogens is 1. The Balaban J connectivity index is 1.38. The zero-order valence-electron chi connectivity index (χ0n) is 17.0. The van der Waals surface area contributed by atoms with E-state index in [0.29, 0.717) is 24.5 Å². The maximum atomic E-state index is 13.1. The number of hydrogen-bond acceptors (Lipinski definition) is 4. The van der Waals surface area contributed by atoms with E-state index in [0.717, 1.165) is 44.7 Å². The van der Waals surface area contributed by atoms with Crippen molar-refractivity contribution in [3.63, 3.8) is 0 Å².